The minimum Gasteiger partial charge on any atom is -0.328 e. The topological polar surface area (TPSA) is 43.8 Å². The number of hydrogen-bond donors (Lipinski definition) is 1. The van der Waals surface area contributed by atoms with Crippen LogP contribution in [0.5, 0.6) is 0 Å². The smallest absolute Gasteiger partial charge is 0.111 e. The molecule has 2 N–H and O–H groups in total. The normalized spacial score (nSPS) is 26.3. The number of aromatic nitrogens is 2. The average Bonchev–Trinajstić information content (AvgIpc) is 2.83. The summed E-state index contributed by atoms with van der Waals surface area (Å²) in [5.74, 6) is 1.96. The van der Waals surface area contributed by atoms with Crippen molar-refractivity contribution in [2.45, 2.75) is 64.5 Å². The summed E-state index contributed by atoms with van der Waals surface area (Å²) in [4.78, 5) is 4.86. The molecule has 0 amide bonds. The summed E-state index contributed by atoms with van der Waals surface area (Å²) in [6.07, 6.45) is 7.06. The molecule has 3 rings (SSSR count). The van der Waals surface area contributed by atoms with E-state index in [4.69, 9.17) is 10.7 Å². The number of nitrogens with zero attached hydrogens (tertiary/aromatic N) is 2. The molecule has 1 aliphatic rings. The van der Waals surface area contributed by atoms with Crippen LogP contribution in [0.2, 0.25) is 0 Å². The van der Waals surface area contributed by atoms with Crippen molar-refractivity contribution < 1.29 is 0 Å². The number of hydrogen-bond acceptors (Lipinski definition) is 2. The first kappa shape index (κ1) is 14.6. The Morgan fingerprint density at radius 1 is 1.33 bits per heavy atom. The van der Waals surface area contributed by atoms with E-state index >= 15 is 0 Å². The highest BCUT2D eigenvalue weighted by molar-refractivity contribution is 5.75. The Kier molecular flexibility index (Phi) is 4.03. The quantitative estimate of drug-likeness (QED) is 0.926. The molecule has 0 radical (unpaired) electrons. The predicted octanol–water partition coefficient (Wildman–Crippen LogP) is 3.90. The number of para-hydroxylation sites is 2. The van der Waals surface area contributed by atoms with Crippen molar-refractivity contribution in [1.29, 1.82) is 0 Å². The third-order valence-corrected chi connectivity index (χ3v) is 5.12. The van der Waals surface area contributed by atoms with Crippen LogP contribution in [0.25, 0.3) is 11.0 Å². The van der Waals surface area contributed by atoms with Crippen molar-refractivity contribution in [3.63, 3.8) is 0 Å². The highest BCUT2D eigenvalue weighted by Gasteiger charge is 2.33. The molecule has 1 aromatic carbocycles. The highest BCUT2D eigenvalue weighted by atomic mass is 15.1. The summed E-state index contributed by atoms with van der Waals surface area (Å²) in [5.41, 5.74) is 9.02. The van der Waals surface area contributed by atoms with E-state index < -0.39 is 0 Å². The average molecular weight is 285 g/mol. The van der Waals surface area contributed by atoms with Gasteiger partial charge in [-0.25, -0.2) is 4.98 Å². The molecule has 3 heteroatoms. The second kappa shape index (κ2) is 5.80. The van der Waals surface area contributed by atoms with Crippen LogP contribution in [0.3, 0.4) is 0 Å². The van der Waals surface area contributed by atoms with E-state index in [1.54, 1.807) is 0 Å². The van der Waals surface area contributed by atoms with Gasteiger partial charge in [0.15, 0.2) is 0 Å². The van der Waals surface area contributed by atoms with Gasteiger partial charge in [0.05, 0.1) is 11.0 Å². The summed E-state index contributed by atoms with van der Waals surface area (Å²) in [6, 6.07) is 8.41. The highest BCUT2D eigenvalue weighted by Crippen LogP contribution is 2.35. The van der Waals surface area contributed by atoms with Gasteiger partial charge in [0.1, 0.15) is 5.82 Å². The van der Waals surface area contributed by atoms with E-state index in [9.17, 15) is 0 Å². The van der Waals surface area contributed by atoms with Crippen LogP contribution < -0.4 is 5.73 Å². The first-order valence-corrected chi connectivity index (χ1v) is 8.38. The Hall–Kier alpha value is -1.35. The summed E-state index contributed by atoms with van der Waals surface area (Å²) >= 11 is 0. The minimum absolute atomic E-state index is 0.0623. The second-order valence-corrected chi connectivity index (χ2v) is 6.67. The van der Waals surface area contributed by atoms with Crippen molar-refractivity contribution in [1.82, 2.24) is 9.55 Å². The fraction of sp³-hybridized carbons (Fsp3) is 0.611. The molecule has 0 saturated heterocycles. The van der Waals surface area contributed by atoms with Crippen LogP contribution in [-0.2, 0) is 13.0 Å². The minimum atomic E-state index is -0.0623. The van der Waals surface area contributed by atoms with E-state index in [0.717, 1.165) is 43.1 Å². The molecule has 21 heavy (non-hydrogen) atoms. The van der Waals surface area contributed by atoms with Gasteiger partial charge in [0, 0.05) is 18.5 Å². The van der Waals surface area contributed by atoms with Crippen LogP contribution in [-0.4, -0.2) is 15.1 Å². The van der Waals surface area contributed by atoms with Gasteiger partial charge in [0.25, 0.3) is 0 Å². The lowest BCUT2D eigenvalue weighted by Gasteiger charge is -2.37. The van der Waals surface area contributed by atoms with Gasteiger partial charge >= 0.3 is 0 Å². The monoisotopic (exact) mass is 285 g/mol. The van der Waals surface area contributed by atoms with Crippen LogP contribution in [0.4, 0.5) is 0 Å². The second-order valence-electron chi connectivity index (χ2n) is 6.67. The molecule has 1 saturated carbocycles. The zero-order chi connectivity index (χ0) is 14.9. The molecule has 2 aromatic rings. The van der Waals surface area contributed by atoms with E-state index in [-0.39, 0.29) is 5.54 Å². The maximum Gasteiger partial charge on any atom is 0.111 e. The fourth-order valence-corrected chi connectivity index (χ4v) is 3.96. The molecule has 1 aliphatic carbocycles. The number of fused-ring (bicyclic) bond motifs is 1. The van der Waals surface area contributed by atoms with E-state index in [1.165, 1.54) is 24.8 Å². The number of benzene rings is 1. The fourth-order valence-electron chi connectivity index (χ4n) is 3.96. The molecule has 2 unspecified atom stereocenters. The molecular formula is C18H27N3. The molecule has 114 valence electrons. The van der Waals surface area contributed by atoms with Gasteiger partial charge in [-0.1, -0.05) is 38.3 Å². The lowest BCUT2D eigenvalue weighted by molar-refractivity contribution is 0.214. The van der Waals surface area contributed by atoms with Gasteiger partial charge in [-0.15, -0.1) is 0 Å². The maximum absolute atomic E-state index is 6.75. The lowest BCUT2D eigenvalue weighted by atomic mass is 9.73. The zero-order valence-electron chi connectivity index (χ0n) is 13.3. The predicted molar refractivity (Wildman–Crippen MR) is 88.3 cm³/mol. The van der Waals surface area contributed by atoms with Gasteiger partial charge in [-0.2, -0.15) is 0 Å². The first-order valence-electron chi connectivity index (χ1n) is 8.38. The number of aryl methyl sites for hydroxylation is 1. The molecule has 1 heterocycles. The Morgan fingerprint density at radius 2 is 2.14 bits per heavy atom. The summed E-state index contributed by atoms with van der Waals surface area (Å²) in [5, 5.41) is 0. The Bertz CT molecular complexity index is 616. The molecule has 3 nitrogen and oxygen atoms in total. The van der Waals surface area contributed by atoms with Gasteiger partial charge in [-0.05, 0) is 37.8 Å². The molecule has 0 aliphatic heterocycles. The van der Waals surface area contributed by atoms with Gasteiger partial charge in [0.2, 0.25) is 0 Å². The number of imidazole rings is 1. The maximum atomic E-state index is 6.75. The van der Waals surface area contributed by atoms with Crippen molar-refractivity contribution >= 4 is 11.0 Å². The third kappa shape index (κ3) is 2.84. The molecule has 1 aromatic heterocycles. The molecule has 2 atom stereocenters. The van der Waals surface area contributed by atoms with Crippen molar-refractivity contribution in [2.75, 3.05) is 0 Å². The Morgan fingerprint density at radius 3 is 2.90 bits per heavy atom. The van der Waals surface area contributed by atoms with Gasteiger partial charge < -0.3 is 10.3 Å². The van der Waals surface area contributed by atoms with E-state index in [1.807, 2.05) is 0 Å². The summed E-state index contributed by atoms with van der Waals surface area (Å²) in [6.45, 7) is 5.44. The van der Waals surface area contributed by atoms with Crippen LogP contribution in [0, 0.1) is 5.92 Å². The van der Waals surface area contributed by atoms with E-state index in [2.05, 4.69) is 42.7 Å². The first-order chi connectivity index (χ1) is 10.1. The Balaban J connectivity index is 1.90. The summed E-state index contributed by atoms with van der Waals surface area (Å²) < 4.78 is 2.33. The lowest BCUT2D eigenvalue weighted by Crippen LogP contribution is -2.46. The largest absolute Gasteiger partial charge is 0.328 e. The molecule has 0 spiro atoms. The third-order valence-electron chi connectivity index (χ3n) is 5.12. The molecule has 0 bridgehead atoms. The standard InChI is InChI=1S/C18H27N3/c1-3-14-8-7-11-18(19,12-14)13-17-20-15-9-5-6-10-16(15)21(17)4-2/h5-6,9-10,14H,3-4,7-8,11-13,19H2,1-2H3. The molecule has 1 fully saturated rings. The van der Waals surface area contributed by atoms with Crippen LogP contribution in [0.1, 0.15) is 51.8 Å². The van der Waals surface area contributed by atoms with Crippen molar-refractivity contribution in [3.8, 4) is 0 Å². The molecular weight excluding hydrogens is 258 g/mol. The Labute approximate surface area is 127 Å². The van der Waals surface area contributed by atoms with Crippen LogP contribution in [0.15, 0.2) is 24.3 Å². The SMILES string of the molecule is CCC1CCCC(N)(Cc2nc3ccccc3n2CC)C1. The number of rotatable bonds is 4. The summed E-state index contributed by atoms with van der Waals surface area (Å²) in [7, 11) is 0. The number of nitrogens with two attached hydrogens (primary N) is 1. The van der Waals surface area contributed by atoms with Crippen molar-refractivity contribution in [2.24, 2.45) is 11.7 Å². The van der Waals surface area contributed by atoms with Gasteiger partial charge in [-0.3, -0.25) is 0 Å². The van der Waals surface area contributed by atoms with Crippen LogP contribution >= 0.6 is 0 Å². The van der Waals surface area contributed by atoms with Crippen molar-refractivity contribution in [3.05, 3.63) is 30.1 Å². The van der Waals surface area contributed by atoms with E-state index in [0.29, 0.717) is 0 Å². The zero-order valence-corrected chi connectivity index (χ0v) is 13.3.